The normalized spacial score (nSPS) is 10.5. The van der Waals surface area contributed by atoms with E-state index >= 15 is 0 Å². The van der Waals surface area contributed by atoms with Crippen LogP contribution in [0.2, 0.25) is 4.34 Å². The van der Waals surface area contributed by atoms with Crippen molar-refractivity contribution in [3.8, 4) is 11.5 Å². The van der Waals surface area contributed by atoms with E-state index in [1.807, 2.05) is 37.3 Å². The predicted molar refractivity (Wildman–Crippen MR) is 83.9 cm³/mol. The lowest BCUT2D eigenvalue weighted by Gasteiger charge is -2.14. The minimum absolute atomic E-state index is 0.501. The molecule has 1 heterocycles. The van der Waals surface area contributed by atoms with E-state index < -0.39 is 0 Å². The Hall–Kier alpha value is -0.710. The summed E-state index contributed by atoms with van der Waals surface area (Å²) in [7, 11) is 0. The lowest BCUT2D eigenvalue weighted by atomic mass is 10.2. The Morgan fingerprint density at radius 2 is 2.05 bits per heavy atom. The van der Waals surface area contributed by atoms with Crippen molar-refractivity contribution in [3.05, 3.63) is 45.1 Å². The molecule has 0 fully saturated rings. The fourth-order valence-electron chi connectivity index (χ4n) is 1.67. The van der Waals surface area contributed by atoms with Crippen LogP contribution < -0.4 is 9.47 Å². The van der Waals surface area contributed by atoms with Gasteiger partial charge in [0.05, 0.1) is 10.9 Å². The van der Waals surface area contributed by atoms with Crippen molar-refractivity contribution in [2.45, 2.75) is 18.9 Å². The summed E-state index contributed by atoms with van der Waals surface area (Å²) in [6, 6.07) is 9.77. The molecule has 0 aliphatic carbocycles. The molecule has 5 heteroatoms. The lowest BCUT2D eigenvalue weighted by Crippen LogP contribution is -2.01. The topological polar surface area (TPSA) is 18.5 Å². The molecule has 2 aromatic rings. The molecule has 0 unspecified atom stereocenters. The number of benzene rings is 1. The Kier molecular flexibility index (Phi) is 5.55. The van der Waals surface area contributed by atoms with E-state index in [1.165, 1.54) is 11.3 Å². The van der Waals surface area contributed by atoms with Gasteiger partial charge in [-0.2, -0.15) is 0 Å². The first kappa shape index (κ1) is 14.7. The Morgan fingerprint density at radius 3 is 2.68 bits per heavy atom. The van der Waals surface area contributed by atoms with Crippen LogP contribution in [-0.4, -0.2) is 6.61 Å². The van der Waals surface area contributed by atoms with E-state index in [0.717, 1.165) is 31.6 Å². The van der Waals surface area contributed by atoms with Crippen molar-refractivity contribution in [1.29, 1.82) is 0 Å². The van der Waals surface area contributed by atoms with Crippen LogP contribution in [0.1, 0.15) is 17.4 Å². The second kappa shape index (κ2) is 7.17. The molecule has 2 rings (SSSR count). The van der Waals surface area contributed by atoms with Gasteiger partial charge in [-0.25, -0.2) is 0 Å². The summed E-state index contributed by atoms with van der Waals surface area (Å²) >= 11 is 10.9. The van der Waals surface area contributed by atoms with Crippen LogP contribution in [-0.2, 0) is 11.9 Å². The van der Waals surface area contributed by atoms with Crippen LogP contribution in [0.15, 0.2) is 30.3 Å². The van der Waals surface area contributed by atoms with Gasteiger partial charge in [0.15, 0.2) is 11.5 Å². The summed E-state index contributed by atoms with van der Waals surface area (Å²) in [6.45, 7) is 3.08. The van der Waals surface area contributed by atoms with Gasteiger partial charge in [-0.05, 0) is 25.1 Å². The monoisotopic (exact) mass is 360 g/mol. The van der Waals surface area contributed by atoms with Gasteiger partial charge in [0.25, 0.3) is 0 Å². The maximum absolute atomic E-state index is 5.91. The molecular weight excluding hydrogens is 348 g/mol. The Bertz CT molecular complexity index is 542. The van der Waals surface area contributed by atoms with Gasteiger partial charge in [0.2, 0.25) is 0 Å². The third-order valence-corrected chi connectivity index (χ3v) is 4.30. The average Bonchev–Trinajstić information content (AvgIpc) is 2.83. The highest BCUT2D eigenvalue weighted by atomic mass is 79.9. The maximum Gasteiger partial charge on any atom is 0.165 e. The summed E-state index contributed by atoms with van der Waals surface area (Å²) in [5.41, 5.74) is 1.08. The molecular formula is C14H14BrClO2S. The molecule has 0 saturated heterocycles. The molecule has 1 aromatic heterocycles. The Morgan fingerprint density at radius 1 is 1.21 bits per heavy atom. The minimum Gasteiger partial charge on any atom is -0.490 e. The molecule has 2 nitrogen and oxygen atoms in total. The highest BCUT2D eigenvalue weighted by Crippen LogP contribution is 2.34. The van der Waals surface area contributed by atoms with Gasteiger partial charge < -0.3 is 9.47 Å². The summed E-state index contributed by atoms with van der Waals surface area (Å²) in [4.78, 5) is 1.09. The van der Waals surface area contributed by atoms with Gasteiger partial charge in [-0.1, -0.05) is 39.7 Å². The zero-order chi connectivity index (χ0) is 13.7. The second-order valence-electron chi connectivity index (χ2n) is 3.81. The zero-order valence-electron chi connectivity index (χ0n) is 10.5. The molecule has 1 aromatic carbocycles. The number of halogens is 2. The van der Waals surface area contributed by atoms with Crippen molar-refractivity contribution in [2.24, 2.45) is 0 Å². The van der Waals surface area contributed by atoms with Gasteiger partial charge in [-0.15, -0.1) is 11.3 Å². The van der Waals surface area contributed by atoms with Crippen LogP contribution in [0.4, 0.5) is 0 Å². The van der Waals surface area contributed by atoms with Crippen molar-refractivity contribution < 1.29 is 9.47 Å². The Balaban J connectivity index is 2.17. The van der Waals surface area contributed by atoms with Crippen molar-refractivity contribution in [3.63, 3.8) is 0 Å². The van der Waals surface area contributed by atoms with Crippen molar-refractivity contribution in [1.82, 2.24) is 0 Å². The zero-order valence-corrected chi connectivity index (χ0v) is 13.6. The summed E-state index contributed by atoms with van der Waals surface area (Å²) < 4.78 is 12.3. The molecule has 19 heavy (non-hydrogen) atoms. The predicted octanol–water partition coefficient (Wildman–Crippen LogP) is 5.27. The van der Waals surface area contributed by atoms with E-state index in [1.54, 1.807) is 0 Å². The number of rotatable bonds is 6. The SMILES string of the molecule is CCOc1cccc(CBr)c1OCc1ccc(Cl)s1. The van der Waals surface area contributed by atoms with E-state index in [0.29, 0.717) is 13.2 Å². The molecule has 0 spiro atoms. The van der Waals surface area contributed by atoms with Gasteiger partial charge in [0, 0.05) is 15.8 Å². The molecule has 0 aliphatic heterocycles. The highest BCUT2D eigenvalue weighted by Gasteiger charge is 2.11. The maximum atomic E-state index is 5.91. The molecule has 102 valence electrons. The number of hydrogen-bond acceptors (Lipinski definition) is 3. The molecule has 0 N–H and O–H groups in total. The largest absolute Gasteiger partial charge is 0.490 e. The van der Waals surface area contributed by atoms with E-state index in [9.17, 15) is 0 Å². The standard InChI is InChI=1S/C14H14BrClO2S/c1-2-17-12-5-3-4-10(8-15)14(12)18-9-11-6-7-13(16)19-11/h3-7H,2,8-9H2,1H3. The first-order chi connectivity index (χ1) is 9.24. The van der Waals surface area contributed by atoms with E-state index in [-0.39, 0.29) is 0 Å². The first-order valence-corrected chi connectivity index (χ1v) is 8.23. The lowest BCUT2D eigenvalue weighted by molar-refractivity contribution is 0.269. The molecule has 0 amide bonds. The van der Waals surface area contributed by atoms with Crippen LogP contribution >= 0.6 is 38.9 Å². The van der Waals surface area contributed by atoms with E-state index in [4.69, 9.17) is 21.1 Å². The quantitative estimate of drug-likeness (QED) is 0.652. The smallest absolute Gasteiger partial charge is 0.165 e. The van der Waals surface area contributed by atoms with E-state index in [2.05, 4.69) is 15.9 Å². The third-order valence-electron chi connectivity index (χ3n) is 2.49. The molecule has 0 atom stereocenters. The second-order valence-corrected chi connectivity index (χ2v) is 6.17. The number of ether oxygens (including phenoxy) is 2. The third kappa shape index (κ3) is 3.88. The number of hydrogen-bond donors (Lipinski definition) is 0. The van der Waals surface area contributed by atoms with Crippen LogP contribution in [0, 0.1) is 0 Å². The summed E-state index contributed by atoms with van der Waals surface area (Å²) in [6.07, 6.45) is 0. The molecule has 0 radical (unpaired) electrons. The van der Waals surface area contributed by atoms with Gasteiger partial charge >= 0.3 is 0 Å². The van der Waals surface area contributed by atoms with Crippen LogP contribution in [0.3, 0.4) is 0 Å². The number of thiophene rings is 1. The minimum atomic E-state index is 0.501. The fourth-order valence-corrected chi connectivity index (χ4v) is 3.11. The molecule has 0 saturated carbocycles. The molecule has 0 aliphatic rings. The average molecular weight is 362 g/mol. The Labute approximate surface area is 130 Å². The summed E-state index contributed by atoms with van der Waals surface area (Å²) in [5.74, 6) is 1.58. The van der Waals surface area contributed by atoms with Crippen LogP contribution in [0.5, 0.6) is 11.5 Å². The first-order valence-electron chi connectivity index (χ1n) is 5.92. The summed E-state index contributed by atoms with van der Waals surface area (Å²) in [5, 5.41) is 0.731. The van der Waals surface area contributed by atoms with Crippen LogP contribution in [0.25, 0.3) is 0 Å². The number of alkyl halides is 1. The van der Waals surface area contributed by atoms with Gasteiger partial charge in [0.1, 0.15) is 6.61 Å². The number of para-hydroxylation sites is 1. The highest BCUT2D eigenvalue weighted by molar-refractivity contribution is 9.08. The van der Waals surface area contributed by atoms with Gasteiger partial charge in [-0.3, -0.25) is 0 Å². The van der Waals surface area contributed by atoms with Crippen molar-refractivity contribution >= 4 is 38.9 Å². The fraction of sp³-hybridized carbons (Fsp3) is 0.286. The van der Waals surface area contributed by atoms with Crippen molar-refractivity contribution in [2.75, 3.05) is 6.61 Å². The molecule has 0 bridgehead atoms.